The fourth-order valence-electron chi connectivity index (χ4n) is 2.05. The molecule has 1 aliphatic rings. The second-order valence-corrected chi connectivity index (χ2v) is 4.88. The third kappa shape index (κ3) is 3.60. The summed E-state index contributed by atoms with van der Waals surface area (Å²) in [5, 5.41) is 5.59. The predicted octanol–water partition coefficient (Wildman–Crippen LogP) is 2.87. The highest BCUT2D eigenvalue weighted by molar-refractivity contribution is 7.10. The molecule has 0 amide bonds. The number of thiophene rings is 1. The molecule has 1 aliphatic heterocycles. The average Bonchev–Trinajstić information content (AvgIpc) is 2.65. The van der Waals surface area contributed by atoms with Crippen molar-refractivity contribution in [3.05, 3.63) is 21.9 Å². The summed E-state index contributed by atoms with van der Waals surface area (Å²) in [6.45, 7) is 9.16. The highest BCUT2D eigenvalue weighted by Gasteiger charge is 2.19. The van der Waals surface area contributed by atoms with Crippen molar-refractivity contribution in [1.29, 1.82) is 0 Å². The first-order valence-corrected chi connectivity index (χ1v) is 6.16. The van der Waals surface area contributed by atoms with Crippen LogP contribution >= 0.6 is 36.2 Å². The minimum atomic E-state index is 0. The van der Waals surface area contributed by atoms with Gasteiger partial charge in [0, 0.05) is 37.1 Å². The number of piperazine rings is 1. The molecule has 0 radical (unpaired) electrons. The summed E-state index contributed by atoms with van der Waals surface area (Å²) in [5.74, 6) is 0. The smallest absolute Gasteiger partial charge is 0.0417 e. The van der Waals surface area contributed by atoms with Gasteiger partial charge in [0.1, 0.15) is 0 Å². The predicted molar refractivity (Wildman–Crippen MR) is 76.4 cm³/mol. The molecule has 0 aromatic carbocycles. The first-order chi connectivity index (χ1) is 6.79. The average molecular weight is 283 g/mol. The van der Waals surface area contributed by atoms with Gasteiger partial charge in [-0.2, -0.15) is 0 Å². The lowest BCUT2D eigenvalue weighted by Gasteiger charge is -2.32. The highest BCUT2D eigenvalue weighted by atomic mass is 35.5. The van der Waals surface area contributed by atoms with E-state index in [2.05, 4.69) is 35.5 Å². The molecule has 0 saturated carbocycles. The number of nitrogens with one attached hydrogen (secondary N) is 1. The van der Waals surface area contributed by atoms with Crippen LogP contribution in [0.2, 0.25) is 0 Å². The van der Waals surface area contributed by atoms with E-state index in [1.165, 1.54) is 23.5 Å². The summed E-state index contributed by atoms with van der Waals surface area (Å²) in [5.41, 5.74) is 1.45. The molecular weight excluding hydrogens is 263 g/mol. The van der Waals surface area contributed by atoms with E-state index >= 15 is 0 Å². The molecule has 1 N–H and O–H groups in total. The van der Waals surface area contributed by atoms with Gasteiger partial charge in [0.2, 0.25) is 0 Å². The van der Waals surface area contributed by atoms with Gasteiger partial charge in [0.25, 0.3) is 0 Å². The monoisotopic (exact) mass is 282 g/mol. The molecule has 2 rings (SSSR count). The molecule has 2 heterocycles. The Balaban J connectivity index is 0.00000112. The molecule has 5 heteroatoms. The first kappa shape index (κ1) is 16.2. The lowest BCUT2D eigenvalue weighted by Crippen LogP contribution is -2.44. The summed E-state index contributed by atoms with van der Waals surface area (Å²) in [4.78, 5) is 4.10. The molecule has 1 fully saturated rings. The fourth-order valence-corrected chi connectivity index (χ4v) is 3.07. The number of nitrogens with zero attached hydrogens (tertiary/aromatic N) is 1. The third-order valence-electron chi connectivity index (χ3n) is 2.98. The van der Waals surface area contributed by atoms with Crippen LogP contribution in [-0.4, -0.2) is 31.1 Å². The molecule has 0 spiro atoms. The second kappa shape index (κ2) is 7.51. The number of rotatable bonds is 2. The van der Waals surface area contributed by atoms with Gasteiger partial charge in [-0.15, -0.1) is 36.2 Å². The molecule has 0 bridgehead atoms. The normalized spacial score (nSPS) is 18.4. The Labute approximate surface area is 114 Å². The van der Waals surface area contributed by atoms with E-state index in [4.69, 9.17) is 0 Å². The van der Waals surface area contributed by atoms with E-state index < -0.39 is 0 Å². The van der Waals surface area contributed by atoms with Crippen molar-refractivity contribution in [3.63, 3.8) is 0 Å². The fraction of sp³-hybridized carbons (Fsp3) is 0.636. The zero-order valence-corrected chi connectivity index (χ0v) is 12.2. The number of halogens is 2. The number of hydrogen-bond donors (Lipinski definition) is 1. The van der Waals surface area contributed by atoms with E-state index in [1.54, 1.807) is 0 Å². The summed E-state index contributed by atoms with van der Waals surface area (Å²) in [7, 11) is 0. The van der Waals surface area contributed by atoms with Crippen LogP contribution in [0, 0.1) is 6.92 Å². The van der Waals surface area contributed by atoms with Crippen molar-refractivity contribution in [2.24, 2.45) is 0 Å². The van der Waals surface area contributed by atoms with Crippen molar-refractivity contribution in [1.82, 2.24) is 10.2 Å². The van der Waals surface area contributed by atoms with Crippen LogP contribution in [0.25, 0.3) is 0 Å². The second-order valence-electron chi connectivity index (χ2n) is 3.93. The van der Waals surface area contributed by atoms with Crippen molar-refractivity contribution >= 4 is 36.2 Å². The van der Waals surface area contributed by atoms with Gasteiger partial charge >= 0.3 is 0 Å². The Bertz CT molecular complexity index is 298. The van der Waals surface area contributed by atoms with E-state index in [1.807, 2.05) is 11.3 Å². The van der Waals surface area contributed by atoms with Gasteiger partial charge in [-0.3, -0.25) is 4.90 Å². The molecule has 1 saturated heterocycles. The van der Waals surface area contributed by atoms with E-state index in [0.29, 0.717) is 6.04 Å². The largest absolute Gasteiger partial charge is 0.314 e. The molecule has 0 unspecified atom stereocenters. The standard InChI is InChI=1S/C11H18N2S.2ClH/c1-9-3-8-14-11(9)10(2)13-6-4-12-5-7-13;;/h3,8,10,12H,4-7H2,1-2H3;2*1H/t10-;;/m1../s1. The molecule has 2 nitrogen and oxygen atoms in total. The van der Waals surface area contributed by atoms with Crippen molar-refractivity contribution in [2.45, 2.75) is 19.9 Å². The molecule has 16 heavy (non-hydrogen) atoms. The SMILES string of the molecule is Cc1ccsc1[C@@H](C)N1CCNCC1.Cl.Cl. The van der Waals surface area contributed by atoms with Crippen molar-refractivity contribution in [3.8, 4) is 0 Å². The van der Waals surface area contributed by atoms with Crippen LogP contribution in [-0.2, 0) is 0 Å². The van der Waals surface area contributed by atoms with Crippen LogP contribution in [0.15, 0.2) is 11.4 Å². The summed E-state index contributed by atoms with van der Waals surface area (Å²) in [6.07, 6.45) is 0. The van der Waals surface area contributed by atoms with Crippen LogP contribution < -0.4 is 5.32 Å². The van der Waals surface area contributed by atoms with Gasteiger partial charge in [-0.25, -0.2) is 0 Å². The van der Waals surface area contributed by atoms with E-state index in [0.717, 1.165) is 13.1 Å². The minimum Gasteiger partial charge on any atom is -0.314 e. The Morgan fingerprint density at radius 2 is 1.94 bits per heavy atom. The van der Waals surface area contributed by atoms with Gasteiger partial charge < -0.3 is 5.32 Å². The lowest BCUT2D eigenvalue weighted by molar-refractivity contribution is 0.187. The minimum absolute atomic E-state index is 0. The molecule has 94 valence electrons. The van der Waals surface area contributed by atoms with E-state index in [-0.39, 0.29) is 24.8 Å². The van der Waals surface area contributed by atoms with Gasteiger partial charge in [0.15, 0.2) is 0 Å². The maximum absolute atomic E-state index is 3.39. The Hall–Kier alpha value is 0.200. The van der Waals surface area contributed by atoms with Gasteiger partial charge in [-0.05, 0) is 30.9 Å². The first-order valence-electron chi connectivity index (χ1n) is 5.28. The Morgan fingerprint density at radius 1 is 1.31 bits per heavy atom. The maximum atomic E-state index is 3.39. The highest BCUT2D eigenvalue weighted by Crippen LogP contribution is 2.28. The zero-order chi connectivity index (χ0) is 9.97. The van der Waals surface area contributed by atoms with Crippen LogP contribution in [0.5, 0.6) is 0 Å². The lowest BCUT2D eigenvalue weighted by atomic mass is 10.1. The maximum Gasteiger partial charge on any atom is 0.0417 e. The molecular formula is C11H20Cl2N2S. The Kier molecular flexibility index (Phi) is 7.61. The summed E-state index contributed by atoms with van der Waals surface area (Å²) >= 11 is 1.89. The van der Waals surface area contributed by atoms with Crippen LogP contribution in [0.3, 0.4) is 0 Å². The van der Waals surface area contributed by atoms with Gasteiger partial charge in [0.05, 0.1) is 0 Å². The van der Waals surface area contributed by atoms with Crippen molar-refractivity contribution < 1.29 is 0 Å². The van der Waals surface area contributed by atoms with Crippen LogP contribution in [0.4, 0.5) is 0 Å². The van der Waals surface area contributed by atoms with Crippen LogP contribution in [0.1, 0.15) is 23.4 Å². The molecule has 1 aromatic rings. The molecule has 1 atom stereocenters. The topological polar surface area (TPSA) is 15.3 Å². The van der Waals surface area contributed by atoms with Crippen molar-refractivity contribution in [2.75, 3.05) is 26.2 Å². The number of hydrogen-bond acceptors (Lipinski definition) is 3. The van der Waals surface area contributed by atoms with Gasteiger partial charge in [-0.1, -0.05) is 0 Å². The molecule has 1 aromatic heterocycles. The Morgan fingerprint density at radius 3 is 2.44 bits per heavy atom. The summed E-state index contributed by atoms with van der Waals surface area (Å²) in [6, 6.07) is 2.82. The van der Waals surface area contributed by atoms with E-state index in [9.17, 15) is 0 Å². The zero-order valence-electron chi connectivity index (χ0n) is 9.73. The quantitative estimate of drug-likeness (QED) is 0.898. The third-order valence-corrected chi connectivity index (χ3v) is 4.17. The summed E-state index contributed by atoms with van der Waals surface area (Å²) < 4.78 is 0. The molecule has 0 aliphatic carbocycles. The number of aryl methyl sites for hydroxylation is 1.